The molecule has 1 heterocycles. The number of fused-ring (bicyclic) bond motifs is 1. The van der Waals surface area contributed by atoms with Crippen molar-refractivity contribution in [2.24, 2.45) is 0 Å². The van der Waals surface area contributed by atoms with Crippen molar-refractivity contribution in [3.05, 3.63) is 59.9 Å². The maximum Gasteiger partial charge on any atom is 0.326 e. The van der Waals surface area contributed by atoms with E-state index in [4.69, 9.17) is 9.47 Å². The SMILES string of the molecule is COc1cccc(C(=O)NC(C)c2nc3ccccc3n2CC(=O)OC(C)C)c1. The van der Waals surface area contributed by atoms with Crippen LogP contribution in [0.4, 0.5) is 0 Å². The number of esters is 1. The summed E-state index contributed by atoms with van der Waals surface area (Å²) < 4.78 is 12.3. The molecule has 29 heavy (non-hydrogen) atoms. The van der Waals surface area contributed by atoms with E-state index in [2.05, 4.69) is 10.3 Å². The number of nitrogens with zero attached hydrogens (tertiary/aromatic N) is 2. The molecule has 0 bridgehead atoms. The Bertz CT molecular complexity index is 1030. The Morgan fingerprint density at radius 3 is 2.59 bits per heavy atom. The van der Waals surface area contributed by atoms with Crippen LogP contribution in [-0.4, -0.2) is 34.6 Å². The molecular formula is C22H25N3O4. The van der Waals surface area contributed by atoms with E-state index in [-0.39, 0.29) is 24.5 Å². The zero-order valence-electron chi connectivity index (χ0n) is 17.0. The molecule has 0 radical (unpaired) electrons. The van der Waals surface area contributed by atoms with E-state index in [1.807, 2.05) is 45.0 Å². The van der Waals surface area contributed by atoms with Crippen molar-refractivity contribution >= 4 is 22.9 Å². The van der Waals surface area contributed by atoms with Gasteiger partial charge in [0.1, 0.15) is 18.1 Å². The summed E-state index contributed by atoms with van der Waals surface area (Å²) >= 11 is 0. The minimum Gasteiger partial charge on any atom is -0.497 e. The lowest BCUT2D eigenvalue weighted by molar-refractivity contribution is -0.148. The molecule has 1 amide bonds. The van der Waals surface area contributed by atoms with Gasteiger partial charge in [0.15, 0.2) is 0 Å². The van der Waals surface area contributed by atoms with Crippen molar-refractivity contribution in [3.8, 4) is 5.75 Å². The summed E-state index contributed by atoms with van der Waals surface area (Å²) in [7, 11) is 1.55. The van der Waals surface area contributed by atoms with Gasteiger partial charge in [-0.3, -0.25) is 9.59 Å². The van der Waals surface area contributed by atoms with Gasteiger partial charge < -0.3 is 19.4 Å². The summed E-state index contributed by atoms with van der Waals surface area (Å²) in [4.78, 5) is 29.6. The standard InChI is InChI=1S/C22H25N3O4/c1-14(2)29-20(26)13-25-19-11-6-5-10-18(19)24-21(25)15(3)23-22(27)16-8-7-9-17(12-16)28-4/h5-12,14-15H,13H2,1-4H3,(H,23,27). The number of carbonyl (C=O) groups excluding carboxylic acids is 2. The summed E-state index contributed by atoms with van der Waals surface area (Å²) in [5.41, 5.74) is 2.05. The number of ether oxygens (including phenoxy) is 2. The third kappa shape index (κ3) is 4.74. The Hall–Kier alpha value is -3.35. The largest absolute Gasteiger partial charge is 0.497 e. The highest BCUT2D eigenvalue weighted by Crippen LogP contribution is 2.22. The first-order valence-corrected chi connectivity index (χ1v) is 9.48. The Labute approximate surface area is 169 Å². The molecular weight excluding hydrogens is 370 g/mol. The van der Waals surface area contributed by atoms with Crippen molar-refractivity contribution < 1.29 is 19.1 Å². The van der Waals surface area contributed by atoms with Gasteiger partial charge in [-0.25, -0.2) is 4.98 Å². The summed E-state index contributed by atoms with van der Waals surface area (Å²) in [5, 5.41) is 2.95. The highest BCUT2D eigenvalue weighted by atomic mass is 16.5. The van der Waals surface area contributed by atoms with E-state index in [0.717, 1.165) is 11.0 Å². The summed E-state index contributed by atoms with van der Waals surface area (Å²) in [6.07, 6.45) is -0.203. The first kappa shape index (κ1) is 20.4. The molecule has 0 aliphatic rings. The molecule has 1 aromatic heterocycles. The summed E-state index contributed by atoms with van der Waals surface area (Å²) in [6.45, 7) is 5.47. The molecule has 7 heteroatoms. The van der Waals surface area contributed by atoms with Crippen LogP contribution < -0.4 is 10.1 Å². The molecule has 2 aromatic carbocycles. The van der Waals surface area contributed by atoms with Gasteiger partial charge in [0.05, 0.1) is 30.3 Å². The first-order valence-electron chi connectivity index (χ1n) is 9.48. The van der Waals surface area contributed by atoms with E-state index in [0.29, 0.717) is 17.1 Å². The molecule has 0 fully saturated rings. The monoisotopic (exact) mass is 395 g/mol. The minimum absolute atomic E-state index is 0.0212. The van der Waals surface area contributed by atoms with Crippen LogP contribution in [-0.2, 0) is 16.1 Å². The molecule has 3 rings (SSSR count). The van der Waals surface area contributed by atoms with Gasteiger partial charge in [-0.2, -0.15) is 0 Å². The second-order valence-electron chi connectivity index (χ2n) is 7.01. The van der Waals surface area contributed by atoms with Crippen molar-refractivity contribution in [3.63, 3.8) is 0 Å². The second kappa shape index (κ2) is 8.77. The quantitative estimate of drug-likeness (QED) is 0.619. The van der Waals surface area contributed by atoms with E-state index in [1.165, 1.54) is 0 Å². The van der Waals surface area contributed by atoms with Crippen LogP contribution in [0.5, 0.6) is 5.75 Å². The molecule has 0 aliphatic heterocycles. The molecule has 0 saturated heterocycles. The van der Waals surface area contributed by atoms with Gasteiger partial charge in [-0.05, 0) is 51.1 Å². The number of methoxy groups -OCH3 is 1. The van der Waals surface area contributed by atoms with Crippen LogP contribution in [0.1, 0.15) is 43.0 Å². The zero-order valence-corrected chi connectivity index (χ0v) is 17.0. The number of rotatable bonds is 7. The Morgan fingerprint density at radius 2 is 1.86 bits per heavy atom. The topological polar surface area (TPSA) is 82.5 Å². The number of nitrogens with one attached hydrogen (secondary N) is 1. The number of amides is 1. The van der Waals surface area contributed by atoms with E-state index in [9.17, 15) is 9.59 Å². The maximum absolute atomic E-state index is 12.7. The van der Waals surface area contributed by atoms with E-state index in [1.54, 1.807) is 35.9 Å². The lowest BCUT2D eigenvalue weighted by Crippen LogP contribution is -2.29. The first-order chi connectivity index (χ1) is 13.9. The van der Waals surface area contributed by atoms with E-state index >= 15 is 0 Å². The number of imidazole rings is 1. The molecule has 1 atom stereocenters. The van der Waals surface area contributed by atoms with E-state index < -0.39 is 6.04 Å². The lowest BCUT2D eigenvalue weighted by Gasteiger charge is -2.17. The fraction of sp³-hybridized carbons (Fsp3) is 0.318. The maximum atomic E-state index is 12.7. The van der Waals surface area contributed by atoms with Gasteiger partial charge in [0, 0.05) is 5.56 Å². The molecule has 0 saturated carbocycles. The van der Waals surface area contributed by atoms with Gasteiger partial charge >= 0.3 is 5.97 Å². The average molecular weight is 395 g/mol. The number of para-hydroxylation sites is 2. The van der Waals surface area contributed by atoms with Crippen molar-refractivity contribution in [1.29, 1.82) is 0 Å². The third-order valence-electron chi connectivity index (χ3n) is 4.41. The fourth-order valence-corrected chi connectivity index (χ4v) is 3.13. The van der Waals surface area contributed by atoms with Crippen LogP contribution in [0.2, 0.25) is 0 Å². The normalized spacial score (nSPS) is 12.0. The van der Waals surface area contributed by atoms with Gasteiger partial charge in [0.25, 0.3) is 5.91 Å². The molecule has 0 aliphatic carbocycles. The molecule has 0 spiro atoms. The number of carbonyl (C=O) groups is 2. The predicted molar refractivity (Wildman–Crippen MR) is 110 cm³/mol. The second-order valence-corrected chi connectivity index (χ2v) is 7.01. The van der Waals surface area contributed by atoms with Crippen molar-refractivity contribution in [1.82, 2.24) is 14.9 Å². The summed E-state index contributed by atoms with van der Waals surface area (Å²) in [5.74, 6) is 0.590. The minimum atomic E-state index is -0.423. The highest BCUT2D eigenvalue weighted by molar-refractivity contribution is 5.94. The molecule has 1 unspecified atom stereocenters. The van der Waals surface area contributed by atoms with Crippen LogP contribution >= 0.6 is 0 Å². The Morgan fingerprint density at radius 1 is 1.10 bits per heavy atom. The molecule has 7 nitrogen and oxygen atoms in total. The number of hydrogen-bond acceptors (Lipinski definition) is 5. The number of benzene rings is 2. The molecule has 1 N–H and O–H groups in total. The van der Waals surface area contributed by atoms with Crippen LogP contribution in [0, 0.1) is 0 Å². The number of aromatic nitrogens is 2. The van der Waals surface area contributed by atoms with Gasteiger partial charge in [-0.1, -0.05) is 18.2 Å². The predicted octanol–water partition coefficient (Wildman–Crippen LogP) is 3.49. The van der Waals surface area contributed by atoms with Gasteiger partial charge in [0.2, 0.25) is 0 Å². The van der Waals surface area contributed by atoms with Gasteiger partial charge in [-0.15, -0.1) is 0 Å². The Kier molecular flexibility index (Phi) is 6.16. The molecule has 152 valence electrons. The van der Waals surface area contributed by atoms with Crippen molar-refractivity contribution in [2.75, 3.05) is 7.11 Å². The zero-order chi connectivity index (χ0) is 21.0. The average Bonchev–Trinajstić information content (AvgIpc) is 3.06. The Balaban J connectivity index is 1.88. The lowest BCUT2D eigenvalue weighted by atomic mass is 10.2. The van der Waals surface area contributed by atoms with Crippen LogP contribution in [0.25, 0.3) is 11.0 Å². The summed E-state index contributed by atoms with van der Waals surface area (Å²) in [6, 6.07) is 14.0. The van der Waals surface area contributed by atoms with Crippen LogP contribution in [0.3, 0.4) is 0 Å². The van der Waals surface area contributed by atoms with Crippen LogP contribution in [0.15, 0.2) is 48.5 Å². The number of hydrogen-bond donors (Lipinski definition) is 1. The molecule has 3 aromatic rings. The highest BCUT2D eigenvalue weighted by Gasteiger charge is 2.21. The smallest absolute Gasteiger partial charge is 0.326 e. The third-order valence-corrected chi connectivity index (χ3v) is 4.41. The van der Waals surface area contributed by atoms with Crippen molar-refractivity contribution in [2.45, 2.75) is 39.5 Å². The fourth-order valence-electron chi connectivity index (χ4n) is 3.13.